The molecule has 0 aromatic heterocycles. The van der Waals surface area contributed by atoms with E-state index in [1.54, 1.807) is 13.8 Å². The van der Waals surface area contributed by atoms with E-state index in [9.17, 15) is 14.0 Å². The molecule has 18 heavy (non-hydrogen) atoms. The molecule has 0 atom stereocenters. The Labute approximate surface area is 105 Å². The van der Waals surface area contributed by atoms with E-state index in [2.05, 4.69) is 4.74 Å². The molecule has 0 fully saturated rings. The first kappa shape index (κ1) is 14.2. The first-order valence-electron chi connectivity index (χ1n) is 5.59. The van der Waals surface area contributed by atoms with E-state index in [1.807, 2.05) is 0 Å². The third-order valence-electron chi connectivity index (χ3n) is 2.17. The highest BCUT2D eigenvalue weighted by Gasteiger charge is 2.11. The van der Waals surface area contributed by atoms with Gasteiger partial charge in [0.05, 0.1) is 6.61 Å². The number of carbonyl (C=O) groups is 2. The van der Waals surface area contributed by atoms with Gasteiger partial charge in [0.25, 0.3) is 0 Å². The minimum Gasteiger partial charge on any atom is -0.486 e. The van der Waals surface area contributed by atoms with Crippen molar-refractivity contribution in [2.24, 2.45) is 0 Å². The number of ketones is 1. The van der Waals surface area contributed by atoms with Crippen molar-refractivity contribution < 1.29 is 23.5 Å². The third-order valence-corrected chi connectivity index (χ3v) is 2.17. The summed E-state index contributed by atoms with van der Waals surface area (Å²) in [6.07, 6.45) is -0.311. The summed E-state index contributed by atoms with van der Waals surface area (Å²) in [5.41, 5.74) is 0.596. The molecular weight excluding hydrogens is 239 g/mol. The molecule has 0 aliphatic carbocycles. The molecule has 0 heterocycles. The number of Topliss-reactive ketones (excluding diaryl/α,β-unsaturated/α-hetero) is 1. The highest BCUT2D eigenvalue weighted by Crippen LogP contribution is 2.18. The second-order valence-electron chi connectivity index (χ2n) is 3.72. The molecule has 0 saturated carbocycles. The molecule has 0 aliphatic heterocycles. The summed E-state index contributed by atoms with van der Waals surface area (Å²) in [6.45, 7) is 3.35. The second-order valence-corrected chi connectivity index (χ2v) is 3.72. The van der Waals surface area contributed by atoms with Crippen LogP contribution in [0.1, 0.15) is 18.9 Å². The van der Waals surface area contributed by atoms with Crippen molar-refractivity contribution in [3.05, 3.63) is 29.6 Å². The first-order chi connectivity index (χ1) is 8.52. The van der Waals surface area contributed by atoms with Gasteiger partial charge in [-0.3, -0.25) is 9.59 Å². The molecule has 0 amide bonds. The van der Waals surface area contributed by atoms with Crippen LogP contribution >= 0.6 is 0 Å². The Balaban J connectivity index is 2.45. The zero-order valence-corrected chi connectivity index (χ0v) is 10.4. The van der Waals surface area contributed by atoms with Crippen molar-refractivity contribution in [3.8, 4) is 5.75 Å². The highest BCUT2D eigenvalue weighted by molar-refractivity contribution is 5.96. The van der Waals surface area contributed by atoms with Gasteiger partial charge >= 0.3 is 5.97 Å². The van der Waals surface area contributed by atoms with E-state index in [1.165, 1.54) is 18.2 Å². The molecule has 1 rings (SSSR count). The van der Waals surface area contributed by atoms with Crippen molar-refractivity contribution in [1.29, 1.82) is 0 Å². The first-order valence-corrected chi connectivity index (χ1v) is 5.59. The molecule has 0 aliphatic rings. The van der Waals surface area contributed by atoms with Gasteiger partial charge in [0.2, 0.25) is 0 Å². The number of aryl methyl sites for hydroxylation is 1. The van der Waals surface area contributed by atoms with E-state index >= 15 is 0 Å². The van der Waals surface area contributed by atoms with Crippen LogP contribution in [0.4, 0.5) is 4.39 Å². The van der Waals surface area contributed by atoms with Gasteiger partial charge in [-0.15, -0.1) is 0 Å². The number of ether oxygens (including phenoxy) is 2. The summed E-state index contributed by atoms with van der Waals surface area (Å²) >= 11 is 0. The van der Waals surface area contributed by atoms with Gasteiger partial charge < -0.3 is 9.47 Å². The quantitative estimate of drug-likeness (QED) is 0.575. The van der Waals surface area contributed by atoms with Gasteiger partial charge in [-0.2, -0.15) is 0 Å². The lowest BCUT2D eigenvalue weighted by molar-refractivity contribution is -0.145. The summed E-state index contributed by atoms with van der Waals surface area (Å²) in [5, 5.41) is 0. The van der Waals surface area contributed by atoms with Gasteiger partial charge in [0.15, 0.2) is 5.78 Å². The van der Waals surface area contributed by atoms with Crippen LogP contribution in [0.3, 0.4) is 0 Å². The number of carbonyl (C=O) groups excluding carboxylic acids is 2. The van der Waals surface area contributed by atoms with Gasteiger partial charge in [0.1, 0.15) is 24.6 Å². The second kappa shape index (κ2) is 6.74. The van der Waals surface area contributed by atoms with Crippen LogP contribution in [0.2, 0.25) is 0 Å². The van der Waals surface area contributed by atoms with Crippen molar-refractivity contribution in [1.82, 2.24) is 0 Å². The summed E-state index contributed by atoms with van der Waals surface area (Å²) in [4.78, 5) is 22.4. The Hall–Kier alpha value is -1.91. The van der Waals surface area contributed by atoms with Crippen LogP contribution in [-0.2, 0) is 14.3 Å². The van der Waals surface area contributed by atoms with E-state index in [0.717, 1.165) is 0 Å². The largest absolute Gasteiger partial charge is 0.486 e. The number of hydrogen-bond acceptors (Lipinski definition) is 4. The fraction of sp³-hybridized carbons (Fsp3) is 0.385. The maximum absolute atomic E-state index is 12.8. The summed E-state index contributed by atoms with van der Waals surface area (Å²) in [5.74, 6) is -0.884. The Kier molecular flexibility index (Phi) is 5.30. The van der Waals surface area contributed by atoms with Crippen LogP contribution in [0.15, 0.2) is 18.2 Å². The standard InChI is InChI=1S/C13H15FO4/c1-3-17-13(16)7-11(15)8-18-12-5-4-10(14)6-9(12)2/h4-6H,3,7-8H2,1-2H3. The van der Waals surface area contributed by atoms with Gasteiger partial charge in [0, 0.05) is 0 Å². The number of halogens is 1. The van der Waals surface area contributed by atoms with Gasteiger partial charge in [-0.05, 0) is 37.6 Å². The molecule has 1 aromatic rings. The lowest BCUT2D eigenvalue weighted by Gasteiger charge is -2.08. The summed E-state index contributed by atoms with van der Waals surface area (Å²) < 4.78 is 22.7. The molecule has 0 spiro atoms. The lowest BCUT2D eigenvalue weighted by atomic mass is 10.2. The molecule has 0 saturated heterocycles. The maximum atomic E-state index is 12.8. The Morgan fingerprint density at radius 3 is 2.67 bits per heavy atom. The monoisotopic (exact) mass is 254 g/mol. The SMILES string of the molecule is CCOC(=O)CC(=O)COc1ccc(F)cc1C. The maximum Gasteiger partial charge on any atom is 0.313 e. The Morgan fingerprint density at radius 1 is 1.33 bits per heavy atom. The predicted octanol–water partition coefficient (Wildman–Crippen LogP) is 2.04. The van der Waals surface area contributed by atoms with Crippen molar-refractivity contribution in [3.63, 3.8) is 0 Å². The molecule has 98 valence electrons. The topological polar surface area (TPSA) is 52.6 Å². The van der Waals surface area contributed by atoms with Crippen LogP contribution in [0, 0.1) is 12.7 Å². The Bertz CT molecular complexity index is 443. The van der Waals surface area contributed by atoms with E-state index in [-0.39, 0.29) is 31.2 Å². The average Bonchev–Trinajstić information content (AvgIpc) is 2.28. The van der Waals surface area contributed by atoms with Crippen LogP contribution < -0.4 is 4.74 Å². The van der Waals surface area contributed by atoms with Crippen molar-refractivity contribution in [2.75, 3.05) is 13.2 Å². The lowest BCUT2D eigenvalue weighted by Crippen LogP contribution is -2.17. The van der Waals surface area contributed by atoms with E-state index < -0.39 is 5.97 Å². The third kappa shape index (κ3) is 4.53. The molecule has 4 nitrogen and oxygen atoms in total. The Morgan fingerprint density at radius 2 is 2.06 bits per heavy atom. The molecule has 1 aromatic carbocycles. The molecule has 0 bridgehead atoms. The van der Waals surface area contributed by atoms with E-state index in [4.69, 9.17) is 4.74 Å². The fourth-order valence-electron chi connectivity index (χ4n) is 1.36. The van der Waals surface area contributed by atoms with Crippen LogP contribution in [-0.4, -0.2) is 25.0 Å². The summed E-state index contributed by atoms with van der Waals surface area (Å²) in [7, 11) is 0. The predicted molar refractivity (Wildman–Crippen MR) is 62.9 cm³/mol. The molecular formula is C13H15FO4. The molecule has 0 N–H and O–H groups in total. The fourth-order valence-corrected chi connectivity index (χ4v) is 1.36. The zero-order chi connectivity index (χ0) is 13.5. The van der Waals surface area contributed by atoms with Crippen LogP contribution in [0.25, 0.3) is 0 Å². The smallest absolute Gasteiger partial charge is 0.313 e. The average molecular weight is 254 g/mol. The minimum atomic E-state index is -0.568. The molecule has 0 radical (unpaired) electrons. The van der Waals surface area contributed by atoms with Crippen LogP contribution in [0.5, 0.6) is 5.75 Å². The number of rotatable bonds is 6. The van der Waals surface area contributed by atoms with Crippen molar-refractivity contribution >= 4 is 11.8 Å². The highest BCUT2D eigenvalue weighted by atomic mass is 19.1. The minimum absolute atomic E-state index is 0.231. The number of hydrogen-bond donors (Lipinski definition) is 0. The van der Waals surface area contributed by atoms with E-state index in [0.29, 0.717) is 11.3 Å². The van der Waals surface area contributed by atoms with Gasteiger partial charge in [-0.25, -0.2) is 4.39 Å². The van der Waals surface area contributed by atoms with Crippen molar-refractivity contribution in [2.45, 2.75) is 20.3 Å². The number of esters is 1. The van der Waals surface area contributed by atoms with Gasteiger partial charge in [-0.1, -0.05) is 0 Å². The summed E-state index contributed by atoms with van der Waals surface area (Å²) in [6, 6.07) is 4.01. The molecule has 5 heteroatoms. The zero-order valence-electron chi connectivity index (χ0n) is 10.4. The number of benzene rings is 1. The molecule has 0 unspecified atom stereocenters. The normalized spacial score (nSPS) is 9.94.